The molecule has 2 rings (SSSR count). The van der Waals surface area contributed by atoms with E-state index in [1.807, 2.05) is 19.1 Å². The zero-order valence-corrected chi connectivity index (χ0v) is 15.3. The van der Waals surface area contributed by atoms with Crippen LogP contribution in [0.3, 0.4) is 0 Å². The van der Waals surface area contributed by atoms with Gasteiger partial charge >= 0.3 is 5.97 Å². The fourth-order valence-corrected chi connectivity index (χ4v) is 3.31. The number of nitrogens with zero attached hydrogens (tertiary/aromatic N) is 1. The Kier molecular flexibility index (Phi) is 6.46. The maximum atomic E-state index is 12.3. The summed E-state index contributed by atoms with van der Waals surface area (Å²) in [6, 6.07) is 5.89. The van der Waals surface area contributed by atoms with E-state index < -0.39 is 5.97 Å². The lowest BCUT2D eigenvalue weighted by molar-refractivity contribution is -0.138. The van der Waals surface area contributed by atoms with E-state index in [1.165, 1.54) is 0 Å². The Morgan fingerprint density at radius 3 is 2.44 bits per heavy atom. The number of fused-ring (bicyclic) bond motifs is 1. The first-order valence-corrected chi connectivity index (χ1v) is 8.67. The molecule has 0 saturated heterocycles. The molecule has 0 saturated carbocycles. The molecule has 1 unspecified atom stereocenters. The second-order valence-corrected chi connectivity index (χ2v) is 6.09. The zero-order chi connectivity index (χ0) is 18.4. The van der Waals surface area contributed by atoms with Crippen LogP contribution < -0.4 is 9.47 Å². The van der Waals surface area contributed by atoms with Gasteiger partial charge in [-0.3, -0.25) is 0 Å². The first kappa shape index (κ1) is 18.9. The molecule has 0 spiro atoms. The summed E-state index contributed by atoms with van der Waals surface area (Å²) in [5.41, 5.74) is 2.84. The molecule has 1 aliphatic carbocycles. The van der Waals surface area contributed by atoms with Crippen LogP contribution in [0.4, 0.5) is 0 Å². The number of ether oxygens (including phenoxy) is 3. The number of methoxy groups -OCH3 is 2. The normalized spacial score (nSPS) is 17.5. The van der Waals surface area contributed by atoms with E-state index in [9.17, 15) is 10.1 Å². The lowest BCUT2D eigenvalue weighted by atomic mass is 9.96. The first-order chi connectivity index (χ1) is 12.1. The summed E-state index contributed by atoms with van der Waals surface area (Å²) in [7, 11) is 3.18. The highest BCUT2D eigenvalue weighted by Crippen LogP contribution is 2.48. The van der Waals surface area contributed by atoms with Crippen molar-refractivity contribution in [3.05, 3.63) is 28.8 Å². The molecular weight excluding hydrogens is 318 g/mol. The van der Waals surface area contributed by atoms with Crippen LogP contribution in [0.15, 0.2) is 17.7 Å². The topological polar surface area (TPSA) is 68.6 Å². The van der Waals surface area contributed by atoms with Gasteiger partial charge in [-0.05, 0) is 54.0 Å². The van der Waals surface area contributed by atoms with E-state index in [-0.39, 0.29) is 11.5 Å². The fourth-order valence-electron chi connectivity index (χ4n) is 3.31. The Hall–Kier alpha value is -2.48. The number of hydrogen-bond donors (Lipinski definition) is 0. The van der Waals surface area contributed by atoms with Crippen LogP contribution in [-0.2, 0) is 9.53 Å². The van der Waals surface area contributed by atoms with Crippen molar-refractivity contribution in [1.82, 2.24) is 0 Å². The number of carbonyl (C=O) groups excluding carboxylic acids is 1. The summed E-state index contributed by atoms with van der Waals surface area (Å²) < 4.78 is 16.0. The van der Waals surface area contributed by atoms with E-state index in [4.69, 9.17) is 14.2 Å². The standard InChI is InChI=1S/C20H25NO4/c1-5-7-13-9-15(17(12-21)20(22)25-8-6-2)16-11-19(24-4)18(23-3)10-14(13)16/h10-11,13H,5-9H2,1-4H3/b17-15+. The van der Waals surface area contributed by atoms with Gasteiger partial charge in [-0.15, -0.1) is 0 Å². The quantitative estimate of drug-likeness (QED) is 0.421. The van der Waals surface area contributed by atoms with Gasteiger partial charge in [0.1, 0.15) is 11.6 Å². The number of benzene rings is 1. The lowest BCUT2D eigenvalue weighted by Gasteiger charge is -2.13. The van der Waals surface area contributed by atoms with Gasteiger partial charge in [0.15, 0.2) is 11.5 Å². The smallest absolute Gasteiger partial charge is 0.349 e. The van der Waals surface area contributed by atoms with Gasteiger partial charge < -0.3 is 14.2 Å². The Bertz CT molecular complexity index is 715. The molecular formula is C20H25NO4. The Balaban J connectivity index is 2.58. The Morgan fingerprint density at radius 2 is 1.88 bits per heavy atom. The van der Waals surface area contributed by atoms with Crippen LogP contribution in [0, 0.1) is 11.3 Å². The second-order valence-electron chi connectivity index (χ2n) is 6.09. The maximum absolute atomic E-state index is 12.3. The molecule has 1 atom stereocenters. The molecule has 0 radical (unpaired) electrons. The molecule has 1 aromatic carbocycles. The molecule has 25 heavy (non-hydrogen) atoms. The predicted molar refractivity (Wildman–Crippen MR) is 95.6 cm³/mol. The summed E-state index contributed by atoms with van der Waals surface area (Å²) in [6.45, 7) is 4.36. The number of nitriles is 1. The SMILES string of the molecule is CCCOC(=O)/C(C#N)=C1\CC(CCC)c2cc(OC)c(OC)cc21. The summed E-state index contributed by atoms with van der Waals surface area (Å²) in [6.07, 6.45) is 3.38. The molecule has 0 aromatic heterocycles. The van der Waals surface area contributed by atoms with Crippen LogP contribution in [0.2, 0.25) is 0 Å². The van der Waals surface area contributed by atoms with Crippen molar-refractivity contribution < 1.29 is 19.0 Å². The molecule has 1 aliphatic rings. The molecule has 0 fully saturated rings. The molecule has 0 heterocycles. The van der Waals surface area contributed by atoms with Crippen LogP contribution in [0.5, 0.6) is 11.5 Å². The van der Waals surface area contributed by atoms with E-state index in [1.54, 1.807) is 14.2 Å². The van der Waals surface area contributed by atoms with E-state index >= 15 is 0 Å². The molecule has 134 valence electrons. The van der Waals surface area contributed by atoms with Gasteiger partial charge in [-0.2, -0.15) is 5.26 Å². The molecule has 5 heteroatoms. The molecule has 0 amide bonds. The summed E-state index contributed by atoms with van der Waals surface area (Å²) in [4.78, 5) is 12.3. The Morgan fingerprint density at radius 1 is 1.20 bits per heavy atom. The molecule has 5 nitrogen and oxygen atoms in total. The summed E-state index contributed by atoms with van der Waals surface area (Å²) >= 11 is 0. The van der Waals surface area contributed by atoms with Gasteiger partial charge in [0.05, 0.1) is 20.8 Å². The monoisotopic (exact) mass is 343 g/mol. The van der Waals surface area contributed by atoms with Gasteiger partial charge in [-0.1, -0.05) is 20.3 Å². The third-order valence-electron chi connectivity index (χ3n) is 4.46. The lowest BCUT2D eigenvalue weighted by Crippen LogP contribution is -2.09. The molecule has 0 N–H and O–H groups in total. The molecule has 0 bridgehead atoms. The van der Waals surface area contributed by atoms with E-state index in [2.05, 4.69) is 13.0 Å². The number of hydrogen-bond acceptors (Lipinski definition) is 5. The Labute approximate surface area is 149 Å². The minimum atomic E-state index is -0.544. The zero-order valence-electron chi connectivity index (χ0n) is 15.3. The van der Waals surface area contributed by atoms with Crippen molar-refractivity contribution in [2.75, 3.05) is 20.8 Å². The van der Waals surface area contributed by atoms with E-state index in [0.29, 0.717) is 24.5 Å². The number of carbonyl (C=O) groups is 1. The highest BCUT2D eigenvalue weighted by atomic mass is 16.5. The number of esters is 1. The van der Waals surface area contributed by atoms with Gasteiger partial charge in [0, 0.05) is 0 Å². The van der Waals surface area contributed by atoms with Crippen molar-refractivity contribution in [1.29, 1.82) is 5.26 Å². The van der Waals surface area contributed by atoms with Crippen LogP contribution in [0.1, 0.15) is 56.6 Å². The van der Waals surface area contributed by atoms with Gasteiger partial charge in [0.2, 0.25) is 0 Å². The van der Waals surface area contributed by atoms with Crippen molar-refractivity contribution in [3.63, 3.8) is 0 Å². The fraction of sp³-hybridized carbons (Fsp3) is 0.500. The predicted octanol–water partition coefficient (Wildman–Crippen LogP) is 4.22. The number of rotatable bonds is 7. The molecule has 0 aliphatic heterocycles. The van der Waals surface area contributed by atoms with Gasteiger partial charge in [0.25, 0.3) is 0 Å². The maximum Gasteiger partial charge on any atom is 0.349 e. The van der Waals surface area contributed by atoms with E-state index in [0.717, 1.165) is 36.0 Å². The van der Waals surface area contributed by atoms with Crippen molar-refractivity contribution in [2.24, 2.45) is 0 Å². The third-order valence-corrected chi connectivity index (χ3v) is 4.46. The molecule has 1 aromatic rings. The highest BCUT2D eigenvalue weighted by molar-refractivity contribution is 6.03. The minimum Gasteiger partial charge on any atom is -0.493 e. The van der Waals surface area contributed by atoms with Crippen molar-refractivity contribution >= 4 is 11.5 Å². The van der Waals surface area contributed by atoms with Crippen LogP contribution >= 0.6 is 0 Å². The van der Waals surface area contributed by atoms with Crippen LogP contribution in [0.25, 0.3) is 5.57 Å². The number of allylic oxidation sites excluding steroid dienone is 1. The first-order valence-electron chi connectivity index (χ1n) is 8.67. The summed E-state index contributed by atoms with van der Waals surface area (Å²) in [5.74, 6) is 0.972. The average molecular weight is 343 g/mol. The second kappa shape index (κ2) is 8.57. The minimum absolute atomic E-state index is 0.0977. The highest BCUT2D eigenvalue weighted by Gasteiger charge is 2.32. The average Bonchev–Trinajstić information content (AvgIpc) is 2.97. The van der Waals surface area contributed by atoms with Crippen LogP contribution in [-0.4, -0.2) is 26.8 Å². The largest absolute Gasteiger partial charge is 0.493 e. The van der Waals surface area contributed by atoms with Crippen molar-refractivity contribution in [2.45, 2.75) is 45.4 Å². The third kappa shape index (κ3) is 3.79. The van der Waals surface area contributed by atoms with Gasteiger partial charge in [-0.25, -0.2) is 4.79 Å². The summed E-state index contributed by atoms with van der Waals surface area (Å²) in [5, 5.41) is 9.56. The van der Waals surface area contributed by atoms with Crippen molar-refractivity contribution in [3.8, 4) is 17.6 Å².